The number of nitrogens with two attached hydrogens (primary N) is 2. The number of rotatable bonds is 23. The molecular formula is C48H68N2. The van der Waals surface area contributed by atoms with Crippen molar-refractivity contribution in [2.24, 2.45) is 0 Å². The highest BCUT2D eigenvalue weighted by Gasteiger charge is 2.18. The molecule has 2 unspecified atom stereocenters. The predicted octanol–water partition coefficient (Wildman–Crippen LogP) is 13.8. The van der Waals surface area contributed by atoms with Crippen LogP contribution in [0, 0.1) is 13.8 Å². The minimum Gasteiger partial charge on any atom is -0.399 e. The maximum atomic E-state index is 6.07. The summed E-state index contributed by atoms with van der Waals surface area (Å²) in [5.41, 5.74) is 25.2. The number of unbranched alkanes of at least 4 members (excludes halogenated alkanes) is 11. The number of benzene rings is 4. The van der Waals surface area contributed by atoms with Crippen LogP contribution < -0.4 is 11.5 Å². The van der Waals surface area contributed by atoms with Crippen molar-refractivity contribution >= 4 is 11.4 Å². The Labute approximate surface area is 306 Å². The maximum Gasteiger partial charge on any atom is 0.0316 e. The summed E-state index contributed by atoms with van der Waals surface area (Å²) in [5.74, 6) is 0.917. The molecule has 50 heavy (non-hydrogen) atoms. The average molecular weight is 673 g/mol. The Hall–Kier alpha value is -3.52. The highest BCUT2D eigenvalue weighted by atomic mass is 14.5. The fourth-order valence-electron chi connectivity index (χ4n) is 7.93. The smallest absolute Gasteiger partial charge is 0.0316 e. The highest BCUT2D eigenvalue weighted by Crippen LogP contribution is 2.35. The van der Waals surface area contributed by atoms with Gasteiger partial charge in [0.15, 0.2) is 0 Å². The van der Waals surface area contributed by atoms with E-state index in [4.69, 9.17) is 11.5 Å². The van der Waals surface area contributed by atoms with Crippen LogP contribution >= 0.6 is 0 Å². The molecule has 0 aromatic heterocycles. The van der Waals surface area contributed by atoms with Gasteiger partial charge in [-0.2, -0.15) is 0 Å². The molecular weight excluding hydrogens is 605 g/mol. The Morgan fingerprint density at radius 3 is 1.12 bits per heavy atom. The fraction of sp³-hybridized carbons (Fsp3) is 0.500. The van der Waals surface area contributed by atoms with Crippen molar-refractivity contribution in [3.05, 3.63) is 129 Å². The molecule has 0 fully saturated rings. The largest absolute Gasteiger partial charge is 0.399 e. The van der Waals surface area contributed by atoms with Crippen molar-refractivity contribution in [1.82, 2.24) is 0 Å². The fourth-order valence-corrected chi connectivity index (χ4v) is 7.93. The van der Waals surface area contributed by atoms with E-state index >= 15 is 0 Å². The molecule has 2 heteroatoms. The molecule has 2 atom stereocenters. The number of hydrogen-bond acceptors (Lipinski definition) is 2. The SMILES string of the molecule is CCCCCC(c1ccc(CCCCCCCCCCc2ccc(C(CCCCC)c3ccc(N)cc3C)cc2)cc1)c1ccc(N)cc1C. The molecule has 0 aliphatic heterocycles. The van der Waals surface area contributed by atoms with Gasteiger partial charge in [0.25, 0.3) is 0 Å². The maximum absolute atomic E-state index is 6.07. The van der Waals surface area contributed by atoms with Gasteiger partial charge in [-0.25, -0.2) is 0 Å². The van der Waals surface area contributed by atoms with Crippen molar-refractivity contribution in [3.8, 4) is 0 Å². The number of nitrogen functional groups attached to an aromatic ring is 2. The summed E-state index contributed by atoms with van der Waals surface area (Å²) in [6, 6.07) is 32.0. The van der Waals surface area contributed by atoms with Crippen molar-refractivity contribution in [2.45, 2.75) is 155 Å². The number of aryl methyl sites for hydroxylation is 4. The van der Waals surface area contributed by atoms with E-state index < -0.39 is 0 Å². The summed E-state index contributed by atoms with van der Waals surface area (Å²) in [5, 5.41) is 0. The second-order valence-corrected chi connectivity index (χ2v) is 15.1. The van der Waals surface area contributed by atoms with Crippen LogP contribution in [0.5, 0.6) is 0 Å². The molecule has 0 aliphatic carbocycles. The lowest BCUT2D eigenvalue weighted by molar-refractivity contribution is 0.567. The van der Waals surface area contributed by atoms with Gasteiger partial charge in [-0.1, -0.05) is 152 Å². The van der Waals surface area contributed by atoms with Gasteiger partial charge >= 0.3 is 0 Å². The molecule has 0 heterocycles. The summed E-state index contributed by atoms with van der Waals surface area (Å²) in [6.45, 7) is 8.99. The Morgan fingerprint density at radius 2 is 0.780 bits per heavy atom. The zero-order valence-corrected chi connectivity index (χ0v) is 32.1. The van der Waals surface area contributed by atoms with Crippen LogP contribution in [0.4, 0.5) is 11.4 Å². The van der Waals surface area contributed by atoms with Crippen LogP contribution in [0.1, 0.15) is 173 Å². The third kappa shape index (κ3) is 12.7. The normalized spacial score (nSPS) is 12.6. The van der Waals surface area contributed by atoms with Crippen LogP contribution in [0.3, 0.4) is 0 Å². The first-order valence-corrected chi connectivity index (χ1v) is 20.3. The molecule has 4 aromatic carbocycles. The van der Waals surface area contributed by atoms with Gasteiger partial charge in [0.2, 0.25) is 0 Å². The van der Waals surface area contributed by atoms with E-state index in [9.17, 15) is 0 Å². The van der Waals surface area contributed by atoms with Gasteiger partial charge in [-0.05, 0) is 121 Å². The molecule has 2 nitrogen and oxygen atoms in total. The minimum atomic E-state index is 0.458. The first kappa shape index (κ1) is 39.3. The second kappa shape index (κ2) is 21.6. The van der Waals surface area contributed by atoms with Crippen molar-refractivity contribution in [1.29, 1.82) is 0 Å². The molecule has 4 aromatic rings. The quantitative estimate of drug-likeness (QED) is 0.0608. The molecule has 0 bridgehead atoms. The third-order valence-electron chi connectivity index (χ3n) is 11.0. The third-order valence-corrected chi connectivity index (χ3v) is 11.0. The van der Waals surface area contributed by atoms with Crippen molar-refractivity contribution in [2.75, 3.05) is 11.5 Å². The van der Waals surface area contributed by atoms with Gasteiger partial charge in [-0.15, -0.1) is 0 Å². The Balaban J connectivity index is 1.12. The van der Waals surface area contributed by atoms with Gasteiger partial charge < -0.3 is 11.5 Å². The lowest BCUT2D eigenvalue weighted by Crippen LogP contribution is -2.05. The topological polar surface area (TPSA) is 52.0 Å². The summed E-state index contributed by atoms with van der Waals surface area (Å²) in [7, 11) is 0. The molecule has 0 radical (unpaired) electrons. The van der Waals surface area contributed by atoms with E-state index in [0.717, 1.165) is 11.4 Å². The zero-order valence-electron chi connectivity index (χ0n) is 32.1. The van der Waals surface area contributed by atoms with Gasteiger partial charge in [-0.3, -0.25) is 0 Å². The molecule has 0 saturated heterocycles. The summed E-state index contributed by atoms with van der Waals surface area (Å²) in [6.07, 6.45) is 23.2. The first-order chi connectivity index (χ1) is 24.4. The lowest BCUT2D eigenvalue weighted by atomic mass is 9.84. The van der Waals surface area contributed by atoms with E-state index in [0.29, 0.717) is 11.8 Å². The van der Waals surface area contributed by atoms with Crippen LogP contribution in [-0.4, -0.2) is 0 Å². The van der Waals surface area contributed by atoms with E-state index in [1.807, 2.05) is 0 Å². The average Bonchev–Trinajstić information content (AvgIpc) is 3.11. The lowest BCUT2D eigenvalue weighted by Gasteiger charge is -2.21. The summed E-state index contributed by atoms with van der Waals surface area (Å²) >= 11 is 0. The first-order valence-electron chi connectivity index (χ1n) is 20.3. The van der Waals surface area contributed by atoms with E-state index in [2.05, 4.69) is 113 Å². The molecule has 0 aliphatic rings. The molecule has 0 spiro atoms. The van der Waals surface area contributed by atoms with Gasteiger partial charge in [0.1, 0.15) is 0 Å². The zero-order chi connectivity index (χ0) is 35.6. The highest BCUT2D eigenvalue weighted by molar-refractivity contribution is 5.49. The Bertz CT molecular complexity index is 1400. The molecule has 0 saturated carbocycles. The monoisotopic (exact) mass is 673 g/mol. The number of hydrogen-bond donors (Lipinski definition) is 2. The number of anilines is 2. The van der Waals surface area contributed by atoms with E-state index in [1.165, 1.54) is 160 Å². The second-order valence-electron chi connectivity index (χ2n) is 15.1. The standard InChI is InChI=1S/C48H68N2/c1-5-7-15-21-47(45-33-31-43(49)35-37(45)3)41-27-23-39(24-28-41)19-17-13-11-9-10-12-14-18-20-40-25-29-42(30-26-40)48(22-16-8-6-2)46-34-32-44(50)36-38(46)4/h23-36,47-48H,5-22,49-50H2,1-4H3. The van der Waals surface area contributed by atoms with Crippen LogP contribution in [-0.2, 0) is 12.8 Å². The van der Waals surface area contributed by atoms with Crippen molar-refractivity contribution < 1.29 is 0 Å². The summed E-state index contributed by atoms with van der Waals surface area (Å²) < 4.78 is 0. The molecule has 270 valence electrons. The van der Waals surface area contributed by atoms with Crippen LogP contribution in [0.15, 0.2) is 84.9 Å². The molecule has 4 N–H and O–H groups in total. The van der Waals surface area contributed by atoms with Crippen LogP contribution in [0.2, 0.25) is 0 Å². The predicted molar refractivity (Wildman–Crippen MR) is 220 cm³/mol. The van der Waals surface area contributed by atoms with Gasteiger partial charge in [0, 0.05) is 23.2 Å². The Kier molecular flexibility index (Phi) is 17.0. The molecule has 4 rings (SSSR count). The van der Waals surface area contributed by atoms with E-state index in [-0.39, 0.29) is 0 Å². The molecule has 0 amide bonds. The summed E-state index contributed by atoms with van der Waals surface area (Å²) in [4.78, 5) is 0. The Morgan fingerprint density at radius 1 is 0.420 bits per heavy atom. The van der Waals surface area contributed by atoms with Crippen LogP contribution in [0.25, 0.3) is 0 Å². The van der Waals surface area contributed by atoms with E-state index in [1.54, 1.807) is 0 Å². The minimum absolute atomic E-state index is 0.458. The van der Waals surface area contributed by atoms with Crippen molar-refractivity contribution in [3.63, 3.8) is 0 Å². The van der Waals surface area contributed by atoms with Gasteiger partial charge in [0.05, 0.1) is 0 Å².